The van der Waals surface area contributed by atoms with Crippen LogP contribution >= 0.6 is 0 Å². The minimum absolute atomic E-state index is 0.214. The molecule has 8 heteroatoms. The molecule has 0 fully saturated rings. The maximum Gasteiger partial charge on any atom is 0.0728 e. The van der Waals surface area contributed by atoms with Crippen LogP contribution in [0.2, 0.25) is 0 Å². The number of rotatable bonds is 4. The van der Waals surface area contributed by atoms with E-state index in [0.29, 0.717) is 6.07 Å². The summed E-state index contributed by atoms with van der Waals surface area (Å²) < 4.78 is 0. The van der Waals surface area contributed by atoms with E-state index in [4.69, 9.17) is 0 Å². The maximum atomic E-state index is 11.2. The Morgan fingerprint density at radius 1 is 0.636 bits per heavy atom. The molecule has 0 N–H and O–H groups in total. The first-order valence-electron chi connectivity index (χ1n) is 5.70. The van der Waals surface area contributed by atoms with E-state index in [-0.39, 0.29) is 5.39 Å². The van der Waals surface area contributed by atoms with E-state index in [1.807, 2.05) is 0 Å². The van der Waals surface area contributed by atoms with Gasteiger partial charge in [0, 0.05) is 16.7 Å². The summed E-state index contributed by atoms with van der Waals surface area (Å²) in [6.07, 6.45) is 0. The quantitative estimate of drug-likeness (QED) is 0.557. The van der Waals surface area contributed by atoms with Crippen LogP contribution in [0.1, 0.15) is 41.4 Å². The molecule has 8 nitrogen and oxygen atoms in total. The smallest absolute Gasteiger partial charge is 0.0728 e. The molecular formula is C14H4O8-4. The molecular weight excluding hydrogens is 296 g/mol. The van der Waals surface area contributed by atoms with Gasteiger partial charge in [-0.25, -0.2) is 0 Å². The van der Waals surface area contributed by atoms with Gasteiger partial charge in [-0.2, -0.15) is 0 Å². The first-order valence-corrected chi connectivity index (χ1v) is 5.70. The molecule has 0 aliphatic rings. The Hall–Kier alpha value is -3.42. The molecule has 0 bridgehead atoms. The van der Waals surface area contributed by atoms with Crippen molar-refractivity contribution in [2.24, 2.45) is 0 Å². The van der Waals surface area contributed by atoms with Gasteiger partial charge >= 0.3 is 0 Å². The third kappa shape index (κ3) is 2.33. The number of carbonyl (C=O) groups is 4. The van der Waals surface area contributed by atoms with Crippen molar-refractivity contribution in [1.82, 2.24) is 0 Å². The molecule has 2 aromatic rings. The second kappa shape index (κ2) is 5.17. The van der Waals surface area contributed by atoms with E-state index in [1.54, 1.807) is 0 Å². The standard InChI is InChI=1S/C14H8O8/c15-11(16)5-1-2-6-7(3-5)10(14(21)22)9(13(19)20)4-8(6)12(17)18/h1-4H,(H,15,16)(H,17,18)(H,19,20)(H,21,22)/p-4. The SMILES string of the molecule is O=C([O-])c1ccc2c(C(=O)[O-])cc(C(=O)[O-])c(C(=O)[O-])c2c1. The highest BCUT2D eigenvalue weighted by atomic mass is 16.4. The lowest BCUT2D eigenvalue weighted by molar-refractivity contribution is -0.259. The fourth-order valence-electron chi connectivity index (χ4n) is 2.10. The zero-order valence-electron chi connectivity index (χ0n) is 10.6. The summed E-state index contributed by atoms with van der Waals surface area (Å²) in [5.74, 6) is -7.30. The van der Waals surface area contributed by atoms with Gasteiger partial charge in [-0.1, -0.05) is 12.1 Å². The van der Waals surface area contributed by atoms with Crippen molar-refractivity contribution in [3.8, 4) is 0 Å². The van der Waals surface area contributed by atoms with Crippen molar-refractivity contribution in [1.29, 1.82) is 0 Å². The molecule has 0 saturated carbocycles. The fraction of sp³-hybridized carbons (Fsp3) is 0. The Morgan fingerprint density at radius 3 is 1.68 bits per heavy atom. The number of fused-ring (bicyclic) bond motifs is 1. The van der Waals surface area contributed by atoms with Gasteiger partial charge in [0.25, 0.3) is 0 Å². The lowest BCUT2D eigenvalue weighted by Gasteiger charge is -2.19. The zero-order chi connectivity index (χ0) is 16.6. The lowest BCUT2D eigenvalue weighted by atomic mass is 9.93. The van der Waals surface area contributed by atoms with Crippen LogP contribution in [0.15, 0.2) is 24.3 Å². The Balaban J connectivity index is 3.06. The van der Waals surface area contributed by atoms with Crippen molar-refractivity contribution in [3.63, 3.8) is 0 Å². The predicted octanol–water partition coefficient (Wildman–Crippen LogP) is -3.71. The number of benzene rings is 2. The van der Waals surface area contributed by atoms with Crippen molar-refractivity contribution < 1.29 is 39.6 Å². The first-order chi connectivity index (χ1) is 10.2. The minimum Gasteiger partial charge on any atom is -0.545 e. The summed E-state index contributed by atoms with van der Waals surface area (Å²) in [6, 6.07) is 3.35. The van der Waals surface area contributed by atoms with Crippen molar-refractivity contribution in [3.05, 3.63) is 46.5 Å². The molecule has 0 aromatic heterocycles. The largest absolute Gasteiger partial charge is 0.545 e. The second-order valence-electron chi connectivity index (χ2n) is 4.26. The summed E-state index contributed by atoms with van der Waals surface area (Å²) in [5.41, 5.74) is -2.93. The van der Waals surface area contributed by atoms with Crippen LogP contribution in [0.5, 0.6) is 0 Å². The van der Waals surface area contributed by atoms with Gasteiger partial charge in [0.05, 0.1) is 23.9 Å². The van der Waals surface area contributed by atoms with Crippen LogP contribution < -0.4 is 20.4 Å². The molecule has 0 aliphatic heterocycles. The number of carboxylic acid groups (broad SMARTS) is 4. The summed E-state index contributed by atoms with van der Waals surface area (Å²) in [4.78, 5) is 44.1. The molecule has 112 valence electrons. The zero-order valence-corrected chi connectivity index (χ0v) is 10.6. The molecule has 22 heavy (non-hydrogen) atoms. The Labute approximate surface area is 121 Å². The normalized spacial score (nSPS) is 10.4. The molecule has 0 spiro atoms. The third-order valence-corrected chi connectivity index (χ3v) is 3.02. The van der Waals surface area contributed by atoms with Crippen molar-refractivity contribution >= 4 is 34.6 Å². The number of carbonyl (C=O) groups excluding carboxylic acids is 4. The summed E-state index contributed by atoms with van der Waals surface area (Å²) in [5, 5.41) is 43.4. The van der Waals surface area contributed by atoms with Crippen LogP contribution in [-0.4, -0.2) is 23.9 Å². The highest BCUT2D eigenvalue weighted by molar-refractivity contribution is 6.16. The Kier molecular flexibility index (Phi) is 3.52. The molecule has 0 amide bonds. The van der Waals surface area contributed by atoms with E-state index >= 15 is 0 Å². The Morgan fingerprint density at radius 2 is 1.23 bits per heavy atom. The number of aromatic carboxylic acids is 4. The monoisotopic (exact) mass is 300 g/mol. The second-order valence-corrected chi connectivity index (χ2v) is 4.26. The van der Waals surface area contributed by atoms with E-state index < -0.39 is 51.5 Å². The van der Waals surface area contributed by atoms with Gasteiger partial charge in [0.2, 0.25) is 0 Å². The summed E-state index contributed by atoms with van der Waals surface area (Å²) in [6.45, 7) is 0. The topological polar surface area (TPSA) is 161 Å². The average Bonchev–Trinajstić information content (AvgIpc) is 2.43. The maximum absolute atomic E-state index is 11.2. The highest BCUT2D eigenvalue weighted by Crippen LogP contribution is 2.27. The minimum atomic E-state index is -1.96. The molecule has 0 aliphatic carbocycles. The Bertz CT molecular complexity index is 850. The van der Waals surface area contributed by atoms with Gasteiger partial charge < -0.3 is 39.6 Å². The third-order valence-electron chi connectivity index (χ3n) is 3.02. The summed E-state index contributed by atoms with van der Waals surface area (Å²) >= 11 is 0. The van der Waals surface area contributed by atoms with Crippen molar-refractivity contribution in [2.45, 2.75) is 0 Å². The molecule has 0 heterocycles. The van der Waals surface area contributed by atoms with Gasteiger partial charge in [-0.15, -0.1) is 0 Å². The fourth-order valence-corrected chi connectivity index (χ4v) is 2.10. The molecule has 2 aromatic carbocycles. The van der Waals surface area contributed by atoms with Gasteiger partial charge in [-0.05, 0) is 28.5 Å². The van der Waals surface area contributed by atoms with Crippen LogP contribution in [-0.2, 0) is 0 Å². The van der Waals surface area contributed by atoms with E-state index in [1.165, 1.54) is 0 Å². The molecule has 0 unspecified atom stereocenters. The number of carboxylic acids is 4. The van der Waals surface area contributed by atoms with Crippen molar-refractivity contribution in [2.75, 3.05) is 0 Å². The molecule has 0 radical (unpaired) electrons. The van der Waals surface area contributed by atoms with Crippen LogP contribution in [0.25, 0.3) is 10.8 Å². The summed E-state index contributed by atoms with van der Waals surface area (Å²) in [7, 11) is 0. The van der Waals surface area contributed by atoms with Crippen LogP contribution in [0, 0.1) is 0 Å². The van der Waals surface area contributed by atoms with Gasteiger partial charge in [0.15, 0.2) is 0 Å². The van der Waals surface area contributed by atoms with Gasteiger partial charge in [-0.3, -0.25) is 0 Å². The van der Waals surface area contributed by atoms with Crippen LogP contribution in [0.3, 0.4) is 0 Å². The number of hydrogen-bond donors (Lipinski definition) is 0. The molecule has 0 atom stereocenters. The highest BCUT2D eigenvalue weighted by Gasteiger charge is 2.15. The first kappa shape index (κ1) is 15.0. The predicted molar refractivity (Wildman–Crippen MR) is 61.3 cm³/mol. The molecule has 0 saturated heterocycles. The van der Waals surface area contributed by atoms with Crippen LogP contribution in [0.4, 0.5) is 0 Å². The average molecular weight is 300 g/mol. The van der Waals surface area contributed by atoms with E-state index in [0.717, 1.165) is 18.2 Å². The van der Waals surface area contributed by atoms with E-state index in [9.17, 15) is 39.6 Å². The lowest BCUT2D eigenvalue weighted by Crippen LogP contribution is -2.32. The van der Waals surface area contributed by atoms with Gasteiger partial charge in [0.1, 0.15) is 0 Å². The van der Waals surface area contributed by atoms with E-state index in [2.05, 4.69) is 0 Å². The molecule has 2 rings (SSSR count). The number of hydrogen-bond acceptors (Lipinski definition) is 8.